The summed E-state index contributed by atoms with van der Waals surface area (Å²) in [6, 6.07) is 3.12. The molecule has 0 saturated carbocycles. The molecular formula is C11H13NO2. The number of rotatable bonds is 0. The van der Waals surface area contributed by atoms with E-state index in [1.54, 1.807) is 17.7 Å². The van der Waals surface area contributed by atoms with Gasteiger partial charge in [0.1, 0.15) is 0 Å². The predicted octanol–water partition coefficient (Wildman–Crippen LogP) is 1.15. The van der Waals surface area contributed by atoms with E-state index in [0.29, 0.717) is 12.3 Å². The first-order valence-corrected chi connectivity index (χ1v) is 4.81. The Hall–Kier alpha value is -1.38. The molecule has 1 aliphatic carbocycles. The van der Waals surface area contributed by atoms with E-state index in [1.165, 1.54) is 6.07 Å². The molecule has 1 atom stereocenters. The summed E-state index contributed by atoms with van der Waals surface area (Å²) in [4.78, 5) is 23.0. The first-order valence-electron chi connectivity index (χ1n) is 4.81. The monoisotopic (exact) mass is 191 g/mol. The molecule has 0 aromatic carbocycles. The summed E-state index contributed by atoms with van der Waals surface area (Å²) in [7, 11) is 1.73. The Morgan fingerprint density at radius 1 is 1.29 bits per heavy atom. The lowest BCUT2D eigenvalue weighted by atomic mass is 9.87. The van der Waals surface area contributed by atoms with Crippen LogP contribution in [0.5, 0.6) is 0 Å². The molecule has 1 aliphatic rings. The molecule has 1 aromatic heterocycles. The van der Waals surface area contributed by atoms with Crippen molar-refractivity contribution in [2.24, 2.45) is 13.0 Å². The van der Waals surface area contributed by atoms with Crippen molar-refractivity contribution in [3.8, 4) is 0 Å². The van der Waals surface area contributed by atoms with Crippen LogP contribution in [0.3, 0.4) is 0 Å². The fraction of sp³-hybridized carbons (Fsp3) is 0.455. The summed E-state index contributed by atoms with van der Waals surface area (Å²) in [5.74, 6) is 0.511. The van der Waals surface area contributed by atoms with Crippen molar-refractivity contribution in [2.45, 2.75) is 19.8 Å². The molecule has 3 nitrogen and oxygen atoms in total. The van der Waals surface area contributed by atoms with Crippen LogP contribution in [0, 0.1) is 5.92 Å². The van der Waals surface area contributed by atoms with Gasteiger partial charge in [0.05, 0.1) is 0 Å². The maximum absolute atomic E-state index is 11.6. The van der Waals surface area contributed by atoms with Gasteiger partial charge in [0.25, 0.3) is 0 Å². The van der Waals surface area contributed by atoms with Gasteiger partial charge in [0.2, 0.25) is 5.56 Å². The molecule has 74 valence electrons. The quantitative estimate of drug-likeness (QED) is 0.617. The Balaban J connectivity index is 2.65. The average Bonchev–Trinajstić information content (AvgIpc) is 2.12. The third kappa shape index (κ3) is 1.29. The molecule has 14 heavy (non-hydrogen) atoms. The Bertz CT molecular complexity index is 445. The zero-order valence-corrected chi connectivity index (χ0v) is 8.41. The highest BCUT2D eigenvalue weighted by Gasteiger charge is 2.23. The number of hydrogen-bond acceptors (Lipinski definition) is 2. The fourth-order valence-electron chi connectivity index (χ4n) is 2.01. The van der Waals surface area contributed by atoms with Gasteiger partial charge >= 0.3 is 0 Å². The first-order chi connectivity index (χ1) is 6.59. The van der Waals surface area contributed by atoms with E-state index in [2.05, 4.69) is 0 Å². The Morgan fingerprint density at radius 2 is 2.00 bits per heavy atom. The molecule has 2 rings (SSSR count). The van der Waals surface area contributed by atoms with E-state index >= 15 is 0 Å². The number of nitrogens with zero attached hydrogens (tertiary/aromatic N) is 1. The Kier molecular flexibility index (Phi) is 2.02. The second-order valence-electron chi connectivity index (χ2n) is 4.03. The van der Waals surface area contributed by atoms with Crippen molar-refractivity contribution in [3.63, 3.8) is 0 Å². The second kappa shape index (κ2) is 3.08. The highest BCUT2D eigenvalue weighted by Crippen LogP contribution is 2.23. The third-order valence-electron chi connectivity index (χ3n) is 2.82. The molecular weight excluding hydrogens is 178 g/mol. The largest absolute Gasteiger partial charge is 0.315 e. The van der Waals surface area contributed by atoms with Crippen molar-refractivity contribution < 1.29 is 4.79 Å². The van der Waals surface area contributed by atoms with Crippen molar-refractivity contribution in [1.29, 1.82) is 0 Å². The van der Waals surface area contributed by atoms with Crippen LogP contribution < -0.4 is 5.56 Å². The van der Waals surface area contributed by atoms with Crippen LogP contribution in [-0.4, -0.2) is 10.4 Å². The van der Waals surface area contributed by atoms with Crippen LogP contribution in [0.1, 0.15) is 29.4 Å². The van der Waals surface area contributed by atoms with Gasteiger partial charge in [-0.3, -0.25) is 9.59 Å². The number of fused-ring (bicyclic) bond motifs is 1. The maximum Gasteiger partial charge on any atom is 0.250 e. The lowest BCUT2D eigenvalue weighted by molar-refractivity contribution is 0.0950. The van der Waals surface area contributed by atoms with Gasteiger partial charge in [-0.1, -0.05) is 6.92 Å². The van der Waals surface area contributed by atoms with Gasteiger partial charge in [0, 0.05) is 30.8 Å². The number of carbonyl (C=O) groups excluding carboxylic acids is 1. The minimum Gasteiger partial charge on any atom is -0.315 e. The molecule has 3 heteroatoms. The van der Waals surface area contributed by atoms with Crippen LogP contribution >= 0.6 is 0 Å². The van der Waals surface area contributed by atoms with E-state index in [9.17, 15) is 9.59 Å². The molecule has 1 unspecified atom stereocenters. The third-order valence-corrected chi connectivity index (χ3v) is 2.82. The topological polar surface area (TPSA) is 39.1 Å². The summed E-state index contributed by atoms with van der Waals surface area (Å²) >= 11 is 0. The summed E-state index contributed by atoms with van der Waals surface area (Å²) in [6.45, 7) is 2.04. The number of aromatic nitrogens is 1. The smallest absolute Gasteiger partial charge is 0.250 e. The van der Waals surface area contributed by atoms with Crippen molar-refractivity contribution in [1.82, 2.24) is 4.57 Å². The summed E-state index contributed by atoms with van der Waals surface area (Å²) < 4.78 is 1.59. The Labute approximate surface area is 82.4 Å². The Morgan fingerprint density at radius 3 is 2.71 bits per heavy atom. The van der Waals surface area contributed by atoms with Gasteiger partial charge in [-0.05, 0) is 18.4 Å². The van der Waals surface area contributed by atoms with Crippen LogP contribution in [0.15, 0.2) is 16.9 Å². The highest BCUT2D eigenvalue weighted by atomic mass is 16.1. The van der Waals surface area contributed by atoms with Crippen molar-refractivity contribution in [2.75, 3.05) is 0 Å². The minimum absolute atomic E-state index is 0.0364. The summed E-state index contributed by atoms with van der Waals surface area (Å²) in [6.07, 6.45) is 1.43. The van der Waals surface area contributed by atoms with E-state index in [-0.39, 0.29) is 11.3 Å². The zero-order valence-electron chi connectivity index (χ0n) is 8.41. The number of carbonyl (C=O) groups is 1. The molecule has 0 fully saturated rings. The van der Waals surface area contributed by atoms with Crippen LogP contribution in [-0.2, 0) is 13.5 Å². The zero-order chi connectivity index (χ0) is 10.3. The second-order valence-corrected chi connectivity index (χ2v) is 4.03. The summed E-state index contributed by atoms with van der Waals surface area (Å²) in [5.41, 5.74) is 1.58. The molecule has 1 aromatic rings. The number of Topliss-reactive ketones (excluding diaryl/α,β-unsaturated/α-hetero) is 1. The SMILES string of the molecule is CC1CC(=O)c2ccc(=O)n(C)c2C1. The van der Waals surface area contributed by atoms with E-state index in [1.807, 2.05) is 6.92 Å². The van der Waals surface area contributed by atoms with Gasteiger partial charge in [-0.25, -0.2) is 0 Å². The normalized spacial score (nSPS) is 20.7. The van der Waals surface area contributed by atoms with E-state index in [0.717, 1.165) is 17.7 Å². The number of pyridine rings is 1. The minimum atomic E-state index is -0.0364. The van der Waals surface area contributed by atoms with Crippen LogP contribution in [0.25, 0.3) is 0 Å². The van der Waals surface area contributed by atoms with Gasteiger partial charge in [-0.15, -0.1) is 0 Å². The number of ketones is 1. The molecule has 0 amide bonds. The first kappa shape index (κ1) is 9.19. The molecule has 0 saturated heterocycles. The van der Waals surface area contributed by atoms with Crippen LogP contribution in [0.2, 0.25) is 0 Å². The van der Waals surface area contributed by atoms with Gasteiger partial charge in [0.15, 0.2) is 5.78 Å². The van der Waals surface area contributed by atoms with Crippen molar-refractivity contribution >= 4 is 5.78 Å². The molecule has 1 heterocycles. The molecule has 0 bridgehead atoms. The van der Waals surface area contributed by atoms with E-state index in [4.69, 9.17) is 0 Å². The maximum atomic E-state index is 11.6. The predicted molar refractivity (Wildman–Crippen MR) is 53.5 cm³/mol. The lowest BCUT2D eigenvalue weighted by Crippen LogP contribution is -2.28. The lowest BCUT2D eigenvalue weighted by Gasteiger charge is -2.22. The van der Waals surface area contributed by atoms with E-state index < -0.39 is 0 Å². The standard InChI is InChI=1S/C11H13NO2/c1-7-5-9-8(10(13)6-7)3-4-11(14)12(9)2/h3-4,7H,5-6H2,1-2H3. The fourth-order valence-corrected chi connectivity index (χ4v) is 2.01. The molecule has 0 aliphatic heterocycles. The highest BCUT2D eigenvalue weighted by molar-refractivity contribution is 5.98. The van der Waals surface area contributed by atoms with Crippen molar-refractivity contribution in [3.05, 3.63) is 33.7 Å². The molecule has 0 N–H and O–H groups in total. The van der Waals surface area contributed by atoms with Gasteiger partial charge < -0.3 is 4.57 Å². The van der Waals surface area contributed by atoms with Crippen LogP contribution in [0.4, 0.5) is 0 Å². The summed E-state index contributed by atoms with van der Waals surface area (Å²) in [5, 5.41) is 0. The molecule has 0 spiro atoms. The average molecular weight is 191 g/mol. The number of hydrogen-bond donors (Lipinski definition) is 0. The molecule has 0 radical (unpaired) electrons. The van der Waals surface area contributed by atoms with Gasteiger partial charge in [-0.2, -0.15) is 0 Å².